The van der Waals surface area contributed by atoms with Crippen molar-refractivity contribution in [2.45, 2.75) is 33.0 Å². The number of hydrogen-bond donors (Lipinski definition) is 2. The summed E-state index contributed by atoms with van der Waals surface area (Å²) in [6.45, 7) is 5.25. The van der Waals surface area contributed by atoms with Crippen LogP contribution in [0.4, 0.5) is 0 Å². The standard InChI is InChI=1S/C18H24N4O.HI/c1-14(2)22-18(19-3)21-12-16-10-7-11-20-17(16)23-13-15-8-5-4-6-9-15;/h4-11,14H,12-13H2,1-3H3,(H2,19,21,22);1H. The molecule has 0 saturated heterocycles. The zero-order valence-corrected chi connectivity index (χ0v) is 16.7. The van der Waals surface area contributed by atoms with Gasteiger partial charge >= 0.3 is 0 Å². The lowest BCUT2D eigenvalue weighted by atomic mass is 10.2. The third-order valence-electron chi connectivity index (χ3n) is 3.16. The second-order valence-electron chi connectivity index (χ2n) is 5.47. The van der Waals surface area contributed by atoms with Crippen LogP contribution in [0.3, 0.4) is 0 Å². The molecule has 0 aliphatic rings. The summed E-state index contributed by atoms with van der Waals surface area (Å²) in [6.07, 6.45) is 1.74. The first-order valence-corrected chi connectivity index (χ1v) is 7.77. The van der Waals surface area contributed by atoms with E-state index in [9.17, 15) is 0 Å². The summed E-state index contributed by atoms with van der Waals surface area (Å²) in [5.41, 5.74) is 2.12. The number of nitrogens with zero attached hydrogens (tertiary/aromatic N) is 2. The Morgan fingerprint density at radius 3 is 2.58 bits per heavy atom. The molecule has 0 aliphatic heterocycles. The minimum atomic E-state index is 0. The molecule has 2 N–H and O–H groups in total. The lowest BCUT2D eigenvalue weighted by Crippen LogP contribution is -2.40. The number of rotatable bonds is 6. The normalized spacial score (nSPS) is 10.9. The van der Waals surface area contributed by atoms with E-state index >= 15 is 0 Å². The first-order chi connectivity index (χ1) is 11.2. The molecule has 1 aromatic carbocycles. The number of nitrogens with one attached hydrogen (secondary N) is 2. The Morgan fingerprint density at radius 2 is 1.92 bits per heavy atom. The molecule has 6 heteroatoms. The van der Waals surface area contributed by atoms with Crippen molar-refractivity contribution in [1.29, 1.82) is 0 Å². The number of guanidine groups is 1. The monoisotopic (exact) mass is 440 g/mol. The summed E-state index contributed by atoms with van der Waals surface area (Å²) in [4.78, 5) is 8.54. The van der Waals surface area contributed by atoms with Gasteiger partial charge in [-0.25, -0.2) is 4.98 Å². The minimum absolute atomic E-state index is 0. The maximum Gasteiger partial charge on any atom is 0.218 e. The highest BCUT2D eigenvalue weighted by atomic mass is 127. The predicted octanol–water partition coefficient (Wildman–Crippen LogP) is 3.35. The molecule has 0 amide bonds. The van der Waals surface area contributed by atoms with Crippen LogP contribution in [0.25, 0.3) is 0 Å². The molecule has 0 bridgehead atoms. The largest absolute Gasteiger partial charge is 0.473 e. The average molecular weight is 440 g/mol. The molecule has 2 rings (SSSR count). The number of hydrogen-bond acceptors (Lipinski definition) is 3. The predicted molar refractivity (Wildman–Crippen MR) is 109 cm³/mol. The van der Waals surface area contributed by atoms with Gasteiger partial charge < -0.3 is 15.4 Å². The van der Waals surface area contributed by atoms with Crippen LogP contribution in [0.1, 0.15) is 25.0 Å². The van der Waals surface area contributed by atoms with E-state index in [-0.39, 0.29) is 24.0 Å². The number of halogens is 1. The second-order valence-corrected chi connectivity index (χ2v) is 5.47. The highest BCUT2D eigenvalue weighted by Gasteiger charge is 2.07. The van der Waals surface area contributed by atoms with E-state index in [1.54, 1.807) is 13.2 Å². The van der Waals surface area contributed by atoms with E-state index in [2.05, 4.69) is 34.5 Å². The maximum atomic E-state index is 5.86. The summed E-state index contributed by atoms with van der Waals surface area (Å²) in [5.74, 6) is 1.40. The quantitative estimate of drug-likeness (QED) is 0.411. The molecule has 24 heavy (non-hydrogen) atoms. The van der Waals surface area contributed by atoms with Crippen LogP contribution in [0.2, 0.25) is 0 Å². The zero-order valence-electron chi connectivity index (χ0n) is 14.3. The number of aromatic nitrogens is 1. The Hall–Kier alpha value is -1.83. The summed E-state index contributed by atoms with van der Waals surface area (Å²) in [6, 6.07) is 14.3. The summed E-state index contributed by atoms with van der Waals surface area (Å²) < 4.78 is 5.86. The van der Waals surface area contributed by atoms with Crippen molar-refractivity contribution >= 4 is 29.9 Å². The average Bonchev–Trinajstić information content (AvgIpc) is 2.58. The molecule has 0 fully saturated rings. The Bertz CT molecular complexity index is 632. The van der Waals surface area contributed by atoms with Crippen molar-refractivity contribution in [3.8, 4) is 5.88 Å². The highest BCUT2D eigenvalue weighted by Crippen LogP contribution is 2.15. The number of benzene rings is 1. The third-order valence-corrected chi connectivity index (χ3v) is 3.16. The molecule has 130 valence electrons. The van der Waals surface area contributed by atoms with Crippen LogP contribution >= 0.6 is 24.0 Å². The Morgan fingerprint density at radius 1 is 1.17 bits per heavy atom. The molecule has 0 saturated carbocycles. The summed E-state index contributed by atoms with van der Waals surface area (Å²) in [7, 11) is 1.76. The SMILES string of the molecule is CN=C(NCc1cccnc1OCc1ccccc1)NC(C)C.I. The van der Waals surface area contributed by atoms with Crippen molar-refractivity contribution in [1.82, 2.24) is 15.6 Å². The van der Waals surface area contributed by atoms with Gasteiger partial charge in [0.05, 0.1) is 0 Å². The van der Waals surface area contributed by atoms with Crippen molar-refractivity contribution in [2.75, 3.05) is 7.05 Å². The van der Waals surface area contributed by atoms with Gasteiger partial charge in [-0.15, -0.1) is 24.0 Å². The second kappa shape index (κ2) is 10.9. The zero-order chi connectivity index (χ0) is 16.5. The topological polar surface area (TPSA) is 58.5 Å². The molecule has 1 heterocycles. The fraction of sp³-hybridized carbons (Fsp3) is 0.333. The fourth-order valence-electron chi connectivity index (χ4n) is 2.06. The van der Waals surface area contributed by atoms with Gasteiger partial charge in [0.25, 0.3) is 0 Å². The molecule has 0 unspecified atom stereocenters. The smallest absolute Gasteiger partial charge is 0.218 e. The number of aliphatic imine (C=N–C) groups is 1. The van der Waals surface area contributed by atoms with E-state index in [1.807, 2.05) is 42.5 Å². The Balaban J connectivity index is 0.00000288. The van der Waals surface area contributed by atoms with Crippen LogP contribution < -0.4 is 15.4 Å². The number of pyridine rings is 1. The van der Waals surface area contributed by atoms with Gasteiger partial charge in [0.15, 0.2) is 5.96 Å². The lowest BCUT2D eigenvalue weighted by Gasteiger charge is -2.15. The van der Waals surface area contributed by atoms with Crippen LogP contribution in [0.15, 0.2) is 53.7 Å². The van der Waals surface area contributed by atoms with Crippen LogP contribution in [-0.4, -0.2) is 24.0 Å². The number of ether oxygens (including phenoxy) is 1. The van der Waals surface area contributed by atoms with Crippen LogP contribution in [-0.2, 0) is 13.2 Å². The van der Waals surface area contributed by atoms with E-state index < -0.39 is 0 Å². The van der Waals surface area contributed by atoms with Gasteiger partial charge in [-0.05, 0) is 25.5 Å². The molecule has 0 radical (unpaired) electrons. The van der Waals surface area contributed by atoms with Crippen molar-refractivity contribution in [3.63, 3.8) is 0 Å². The van der Waals surface area contributed by atoms with E-state index in [0.717, 1.165) is 17.1 Å². The van der Waals surface area contributed by atoms with Gasteiger partial charge in [-0.3, -0.25) is 4.99 Å². The van der Waals surface area contributed by atoms with E-state index in [0.29, 0.717) is 25.1 Å². The first-order valence-electron chi connectivity index (χ1n) is 7.77. The molecule has 0 atom stereocenters. The van der Waals surface area contributed by atoms with Gasteiger partial charge in [0, 0.05) is 31.4 Å². The molecule has 1 aromatic heterocycles. The van der Waals surface area contributed by atoms with E-state index in [1.165, 1.54) is 0 Å². The molecule has 2 aromatic rings. The van der Waals surface area contributed by atoms with Gasteiger partial charge in [0.1, 0.15) is 6.61 Å². The lowest BCUT2D eigenvalue weighted by molar-refractivity contribution is 0.290. The molecule has 0 aliphatic carbocycles. The van der Waals surface area contributed by atoms with Gasteiger partial charge in [0.2, 0.25) is 5.88 Å². The Kier molecular flexibility index (Phi) is 9.14. The van der Waals surface area contributed by atoms with Gasteiger partial charge in [-0.1, -0.05) is 36.4 Å². The van der Waals surface area contributed by atoms with Crippen molar-refractivity contribution in [2.24, 2.45) is 4.99 Å². The Labute approximate surface area is 161 Å². The van der Waals surface area contributed by atoms with Gasteiger partial charge in [-0.2, -0.15) is 0 Å². The molecule has 5 nitrogen and oxygen atoms in total. The highest BCUT2D eigenvalue weighted by molar-refractivity contribution is 14.0. The van der Waals surface area contributed by atoms with Crippen molar-refractivity contribution in [3.05, 3.63) is 59.8 Å². The fourth-order valence-corrected chi connectivity index (χ4v) is 2.06. The minimum Gasteiger partial charge on any atom is -0.473 e. The van der Waals surface area contributed by atoms with E-state index in [4.69, 9.17) is 4.74 Å². The first kappa shape index (κ1) is 20.2. The maximum absolute atomic E-state index is 5.86. The molecule has 0 spiro atoms. The van der Waals surface area contributed by atoms with Crippen molar-refractivity contribution < 1.29 is 4.74 Å². The molecular formula is C18H25IN4O. The summed E-state index contributed by atoms with van der Waals surface area (Å²) >= 11 is 0. The van der Waals surface area contributed by atoms with Crippen LogP contribution in [0, 0.1) is 0 Å². The van der Waals surface area contributed by atoms with Crippen LogP contribution in [0.5, 0.6) is 5.88 Å². The third kappa shape index (κ3) is 6.74. The molecular weight excluding hydrogens is 415 g/mol. The summed E-state index contributed by atoms with van der Waals surface area (Å²) in [5, 5.41) is 6.53.